The average Bonchev–Trinajstić information content (AvgIpc) is 2.31. The molecule has 1 atom stereocenters. The highest BCUT2D eigenvalue weighted by atomic mass is 79.9. The molecule has 1 rings (SSSR count). The van der Waals surface area contributed by atoms with Crippen molar-refractivity contribution in [2.75, 3.05) is 5.32 Å². The summed E-state index contributed by atoms with van der Waals surface area (Å²) in [4.78, 5) is 11.5. The Morgan fingerprint density at radius 3 is 2.44 bits per heavy atom. The van der Waals surface area contributed by atoms with E-state index in [1.54, 1.807) is 0 Å². The molecule has 0 radical (unpaired) electrons. The van der Waals surface area contributed by atoms with Gasteiger partial charge in [-0.05, 0) is 30.5 Å². The van der Waals surface area contributed by atoms with Gasteiger partial charge in [-0.1, -0.05) is 48.3 Å². The van der Waals surface area contributed by atoms with Crippen molar-refractivity contribution in [2.45, 2.75) is 37.9 Å². The van der Waals surface area contributed by atoms with E-state index in [1.165, 1.54) is 5.56 Å². The third-order valence-corrected chi connectivity index (χ3v) is 3.47. The molecule has 0 heterocycles. The van der Waals surface area contributed by atoms with E-state index in [-0.39, 0.29) is 10.7 Å². The number of nitrogens with one attached hydrogen (secondary N) is 1. The van der Waals surface area contributed by atoms with Crippen molar-refractivity contribution in [3.63, 3.8) is 0 Å². The van der Waals surface area contributed by atoms with Gasteiger partial charge in [0.15, 0.2) is 0 Å². The Balaban J connectivity index is 2.58. The van der Waals surface area contributed by atoms with E-state index in [4.69, 9.17) is 0 Å². The molecule has 88 valence electrons. The molecule has 1 N–H and O–H groups in total. The maximum absolute atomic E-state index is 11.6. The zero-order chi connectivity index (χ0) is 12.0. The standard InChI is InChI=1S/C13H18BrNO/c1-3-5-10-6-8-11(9-7-10)15-13(16)12(14)4-2/h6-9,12H,3-5H2,1-2H3,(H,15,16). The van der Waals surface area contributed by atoms with Crippen LogP contribution in [0.5, 0.6) is 0 Å². The lowest BCUT2D eigenvalue weighted by molar-refractivity contribution is -0.115. The normalized spacial score (nSPS) is 12.2. The molecule has 0 saturated carbocycles. The van der Waals surface area contributed by atoms with Crippen molar-refractivity contribution >= 4 is 27.5 Å². The van der Waals surface area contributed by atoms with Crippen LogP contribution in [0.2, 0.25) is 0 Å². The monoisotopic (exact) mass is 283 g/mol. The summed E-state index contributed by atoms with van der Waals surface area (Å²) in [5.74, 6) is 0.0192. The number of carbonyl (C=O) groups excluding carboxylic acids is 1. The van der Waals surface area contributed by atoms with Gasteiger partial charge in [0.05, 0.1) is 4.83 Å². The quantitative estimate of drug-likeness (QED) is 0.820. The molecular weight excluding hydrogens is 266 g/mol. The second kappa shape index (κ2) is 6.69. The fourth-order valence-corrected chi connectivity index (χ4v) is 1.56. The van der Waals surface area contributed by atoms with Crippen molar-refractivity contribution in [3.05, 3.63) is 29.8 Å². The van der Waals surface area contributed by atoms with Crippen LogP contribution in [0.4, 0.5) is 5.69 Å². The maximum atomic E-state index is 11.6. The highest BCUT2D eigenvalue weighted by Crippen LogP contribution is 2.13. The maximum Gasteiger partial charge on any atom is 0.238 e. The van der Waals surface area contributed by atoms with E-state index in [0.717, 1.165) is 24.9 Å². The van der Waals surface area contributed by atoms with Crippen LogP contribution < -0.4 is 5.32 Å². The molecule has 0 aliphatic heterocycles. The number of aryl methyl sites for hydroxylation is 1. The first-order chi connectivity index (χ1) is 7.67. The number of benzene rings is 1. The molecular formula is C13H18BrNO. The van der Waals surface area contributed by atoms with E-state index < -0.39 is 0 Å². The Bertz CT molecular complexity index is 334. The third kappa shape index (κ3) is 3.97. The number of hydrogen-bond donors (Lipinski definition) is 1. The van der Waals surface area contributed by atoms with Crippen LogP contribution in [0.15, 0.2) is 24.3 Å². The average molecular weight is 284 g/mol. The predicted octanol–water partition coefficient (Wildman–Crippen LogP) is 3.75. The smallest absolute Gasteiger partial charge is 0.238 e. The highest BCUT2D eigenvalue weighted by molar-refractivity contribution is 9.10. The fourth-order valence-electron chi connectivity index (χ4n) is 1.45. The van der Waals surface area contributed by atoms with E-state index in [9.17, 15) is 4.79 Å². The van der Waals surface area contributed by atoms with Gasteiger partial charge in [-0.3, -0.25) is 4.79 Å². The van der Waals surface area contributed by atoms with Crippen molar-refractivity contribution in [3.8, 4) is 0 Å². The summed E-state index contributed by atoms with van der Waals surface area (Å²) in [5, 5.41) is 2.88. The molecule has 3 heteroatoms. The van der Waals surface area contributed by atoms with Gasteiger partial charge in [0.1, 0.15) is 0 Å². The second-order valence-corrected chi connectivity index (χ2v) is 4.92. The summed E-state index contributed by atoms with van der Waals surface area (Å²) in [7, 11) is 0. The molecule has 0 spiro atoms. The second-order valence-electron chi connectivity index (χ2n) is 3.81. The van der Waals surface area contributed by atoms with Gasteiger partial charge in [-0.25, -0.2) is 0 Å². The lowest BCUT2D eigenvalue weighted by atomic mass is 10.1. The Labute approximate surface area is 106 Å². The van der Waals surface area contributed by atoms with Gasteiger partial charge in [-0.15, -0.1) is 0 Å². The number of anilines is 1. The minimum Gasteiger partial charge on any atom is -0.325 e. The van der Waals surface area contributed by atoms with Gasteiger partial charge in [0, 0.05) is 5.69 Å². The van der Waals surface area contributed by atoms with Crippen molar-refractivity contribution in [1.82, 2.24) is 0 Å². The molecule has 0 aromatic heterocycles. The molecule has 1 aromatic rings. The number of carbonyl (C=O) groups is 1. The van der Waals surface area contributed by atoms with Gasteiger partial charge >= 0.3 is 0 Å². The van der Waals surface area contributed by atoms with Gasteiger partial charge in [0.2, 0.25) is 5.91 Å². The summed E-state index contributed by atoms with van der Waals surface area (Å²) in [5.41, 5.74) is 2.18. The summed E-state index contributed by atoms with van der Waals surface area (Å²) >= 11 is 3.33. The Kier molecular flexibility index (Phi) is 5.53. The Morgan fingerprint density at radius 1 is 1.31 bits per heavy atom. The van der Waals surface area contributed by atoms with E-state index in [1.807, 2.05) is 19.1 Å². The number of amides is 1. The fraction of sp³-hybridized carbons (Fsp3) is 0.462. The topological polar surface area (TPSA) is 29.1 Å². The molecule has 0 bridgehead atoms. The minimum atomic E-state index is -0.109. The van der Waals surface area contributed by atoms with Crippen LogP contribution in [-0.4, -0.2) is 10.7 Å². The molecule has 0 fully saturated rings. The summed E-state index contributed by atoms with van der Waals surface area (Å²) in [6.07, 6.45) is 3.02. The van der Waals surface area contributed by atoms with Crippen molar-refractivity contribution in [2.24, 2.45) is 0 Å². The Hall–Kier alpha value is -0.830. The molecule has 0 aliphatic carbocycles. The van der Waals surface area contributed by atoms with E-state index in [0.29, 0.717) is 0 Å². The molecule has 1 unspecified atom stereocenters. The molecule has 2 nitrogen and oxygen atoms in total. The van der Waals surface area contributed by atoms with Crippen LogP contribution in [0.3, 0.4) is 0 Å². The first-order valence-electron chi connectivity index (χ1n) is 5.71. The van der Waals surface area contributed by atoms with Crippen molar-refractivity contribution in [1.29, 1.82) is 0 Å². The molecule has 1 aromatic carbocycles. The number of hydrogen-bond acceptors (Lipinski definition) is 1. The van der Waals surface area contributed by atoms with Crippen molar-refractivity contribution < 1.29 is 4.79 Å². The SMILES string of the molecule is CCCc1ccc(NC(=O)C(Br)CC)cc1. The summed E-state index contributed by atoms with van der Waals surface area (Å²) < 4.78 is 0. The number of alkyl halides is 1. The minimum absolute atomic E-state index is 0.0192. The van der Waals surface area contributed by atoms with Crippen LogP contribution >= 0.6 is 15.9 Å². The third-order valence-electron chi connectivity index (χ3n) is 2.40. The zero-order valence-electron chi connectivity index (χ0n) is 9.79. The molecule has 0 aliphatic rings. The largest absolute Gasteiger partial charge is 0.325 e. The predicted molar refractivity (Wildman–Crippen MR) is 72.1 cm³/mol. The molecule has 0 saturated heterocycles. The van der Waals surface area contributed by atoms with Gasteiger partial charge < -0.3 is 5.32 Å². The first-order valence-corrected chi connectivity index (χ1v) is 6.62. The van der Waals surface area contributed by atoms with Crippen LogP contribution in [0.25, 0.3) is 0 Å². The molecule has 16 heavy (non-hydrogen) atoms. The van der Waals surface area contributed by atoms with E-state index >= 15 is 0 Å². The van der Waals surface area contributed by atoms with Gasteiger partial charge in [-0.2, -0.15) is 0 Å². The summed E-state index contributed by atoms with van der Waals surface area (Å²) in [6.45, 7) is 4.13. The van der Waals surface area contributed by atoms with Crippen LogP contribution in [0, 0.1) is 0 Å². The summed E-state index contributed by atoms with van der Waals surface area (Å²) in [6, 6.07) is 8.04. The van der Waals surface area contributed by atoms with Crippen LogP contribution in [0.1, 0.15) is 32.3 Å². The zero-order valence-corrected chi connectivity index (χ0v) is 11.4. The van der Waals surface area contributed by atoms with Gasteiger partial charge in [0.25, 0.3) is 0 Å². The lowest BCUT2D eigenvalue weighted by Gasteiger charge is -2.09. The molecule has 1 amide bonds. The van der Waals surface area contributed by atoms with Crippen LogP contribution in [-0.2, 0) is 11.2 Å². The number of rotatable bonds is 5. The Morgan fingerprint density at radius 2 is 1.94 bits per heavy atom. The number of halogens is 1. The highest BCUT2D eigenvalue weighted by Gasteiger charge is 2.11. The first kappa shape index (κ1) is 13.2. The lowest BCUT2D eigenvalue weighted by Crippen LogP contribution is -2.21. The van der Waals surface area contributed by atoms with E-state index in [2.05, 4.69) is 40.3 Å².